The number of hydrogen-bond donors (Lipinski definition) is 0. The lowest BCUT2D eigenvalue weighted by Crippen LogP contribution is -2.78. The van der Waals surface area contributed by atoms with E-state index in [1.807, 2.05) is 0 Å². The Morgan fingerprint density at radius 2 is 1.00 bits per heavy atom. The average molecular weight is 532 g/mol. The third-order valence-electron chi connectivity index (χ3n) is 5.43. The minimum Gasteiger partial charge on any atom is -0.415 e. The van der Waals surface area contributed by atoms with Crippen molar-refractivity contribution in [3.8, 4) is 0 Å². The number of esters is 1. The van der Waals surface area contributed by atoms with Crippen molar-refractivity contribution in [1.82, 2.24) is 0 Å². The number of carbonyl (C=O) groups is 1. The second-order valence-corrected chi connectivity index (χ2v) is 6.76. The van der Waals surface area contributed by atoms with Crippen molar-refractivity contribution < 1.29 is 88.6 Å². The molecule has 2 saturated carbocycles. The van der Waals surface area contributed by atoms with Gasteiger partial charge in [-0.15, -0.1) is 0 Å². The second-order valence-electron chi connectivity index (χ2n) is 6.76. The maximum Gasteiger partial charge on any atom is 0.408 e. The van der Waals surface area contributed by atoms with Gasteiger partial charge in [-0.3, -0.25) is 0 Å². The molecule has 0 heterocycles. The van der Waals surface area contributed by atoms with Crippen molar-refractivity contribution in [2.75, 3.05) is 0 Å². The normalized spacial score (nSPS) is 36.5. The fourth-order valence-corrected chi connectivity index (χ4v) is 4.39. The van der Waals surface area contributed by atoms with Crippen LogP contribution >= 0.6 is 0 Å². The Morgan fingerprint density at radius 1 is 0.636 bits per heavy atom. The second kappa shape index (κ2) is 5.95. The summed E-state index contributed by atoms with van der Waals surface area (Å²) in [7, 11) is 0. The molecule has 2 fully saturated rings. The van der Waals surface area contributed by atoms with Gasteiger partial charge in [0.25, 0.3) is 5.67 Å². The van der Waals surface area contributed by atoms with Crippen molar-refractivity contribution in [3.05, 3.63) is 12.4 Å². The smallest absolute Gasteiger partial charge is 0.408 e. The molecule has 2 nitrogen and oxygen atoms in total. The molecule has 2 aliphatic carbocycles. The lowest BCUT2D eigenvalue weighted by atomic mass is 9.61. The van der Waals surface area contributed by atoms with Gasteiger partial charge in [-0.25, -0.2) is 9.18 Å². The van der Waals surface area contributed by atoms with Crippen molar-refractivity contribution in [3.63, 3.8) is 0 Å². The van der Waals surface area contributed by atoms with Gasteiger partial charge in [-0.1, -0.05) is 6.58 Å². The highest BCUT2D eigenvalue weighted by molar-refractivity contribution is 5.85. The number of halogens is 18. The van der Waals surface area contributed by atoms with Gasteiger partial charge in [0.2, 0.25) is 16.7 Å². The van der Waals surface area contributed by atoms with Crippen LogP contribution in [0.2, 0.25) is 0 Å². The van der Waals surface area contributed by atoms with Gasteiger partial charge >= 0.3 is 48.1 Å². The van der Waals surface area contributed by atoms with Gasteiger partial charge in [0.05, 0.1) is 0 Å². The van der Waals surface area contributed by atoms with E-state index in [1.165, 1.54) is 0 Å². The summed E-state index contributed by atoms with van der Waals surface area (Å²) in [5.74, 6) is -39.7. The van der Waals surface area contributed by atoms with Crippen LogP contribution in [0.1, 0.15) is 0 Å². The quantitative estimate of drug-likeness (QED) is 0.249. The molecule has 0 aliphatic heterocycles. The molecule has 0 aromatic heterocycles. The highest BCUT2D eigenvalue weighted by Crippen LogP contribution is 2.94. The fourth-order valence-electron chi connectivity index (χ4n) is 4.39. The lowest BCUT2D eigenvalue weighted by Gasteiger charge is -2.50. The molecule has 192 valence electrons. The largest absolute Gasteiger partial charge is 0.415 e. The number of hydrogen-bond acceptors (Lipinski definition) is 2. The lowest BCUT2D eigenvalue weighted by molar-refractivity contribution is -0.481. The molecule has 0 N–H and O–H groups in total. The van der Waals surface area contributed by atoms with Crippen molar-refractivity contribution >= 4 is 5.97 Å². The molecule has 0 saturated heterocycles. The Bertz CT molecular complexity index is 880. The Kier molecular flexibility index (Phi) is 4.90. The van der Waals surface area contributed by atoms with Gasteiger partial charge in [0.1, 0.15) is 0 Å². The third-order valence-corrected chi connectivity index (χ3v) is 5.43. The van der Waals surface area contributed by atoms with Crippen molar-refractivity contribution in [2.24, 2.45) is 10.8 Å². The van der Waals surface area contributed by atoms with Crippen LogP contribution in [0.25, 0.3) is 0 Å². The van der Waals surface area contributed by atoms with Gasteiger partial charge < -0.3 is 4.74 Å². The zero-order valence-corrected chi connectivity index (χ0v) is 14.3. The number of fused-ring (bicyclic) bond motifs is 2. The third kappa shape index (κ3) is 2.08. The Hall–Kier alpha value is -2.05. The van der Waals surface area contributed by atoms with Gasteiger partial charge in [-0.05, 0) is 0 Å². The number of ether oxygens (including phenoxy) is 1. The van der Waals surface area contributed by atoms with E-state index in [2.05, 4.69) is 4.74 Å². The minimum atomic E-state index is -8.72. The maximum absolute atomic E-state index is 15.0. The Morgan fingerprint density at radius 3 is 1.27 bits per heavy atom. The summed E-state index contributed by atoms with van der Waals surface area (Å²) in [5, 5.41) is 0. The van der Waals surface area contributed by atoms with E-state index in [9.17, 15) is 79.4 Å². The Balaban J connectivity index is 3.46. The summed E-state index contributed by atoms with van der Waals surface area (Å²) in [4.78, 5) is 11.0. The first-order valence-corrected chi connectivity index (χ1v) is 7.37. The van der Waals surface area contributed by atoms with Crippen LogP contribution in [0.3, 0.4) is 0 Å². The Labute approximate surface area is 167 Å². The number of alkyl halides is 17. The van der Waals surface area contributed by atoms with Crippen LogP contribution in [0, 0.1) is 10.8 Å². The van der Waals surface area contributed by atoms with E-state index < -0.39 is 70.4 Å². The minimum absolute atomic E-state index is 1.73. The first-order valence-electron chi connectivity index (χ1n) is 7.37. The molecule has 0 aromatic carbocycles. The molecule has 0 radical (unpaired) electrons. The molecular weight excluding hydrogens is 530 g/mol. The first-order chi connectivity index (χ1) is 14.1. The molecule has 2 rings (SSSR count). The van der Waals surface area contributed by atoms with Crippen LogP contribution in [0.5, 0.6) is 0 Å². The van der Waals surface area contributed by atoms with E-state index >= 15 is 4.39 Å². The summed E-state index contributed by atoms with van der Waals surface area (Å²) in [5.41, 5.74) is -25.9. The zero-order chi connectivity index (χ0) is 26.9. The van der Waals surface area contributed by atoms with Crippen molar-refractivity contribution in [1.29, 1.82) is 0 Å². The van der Waals surface area contributed by atoms with Crippen LogP contribution in [-0.2, 0) is 9.53 Å². The highest BCUT2D eigenvalue weighted by atomic mass is 19.4. The van der Waals surface area contributed by atoms with Gasteiger partial charge in [0.15, 0.2) is 0 Å². The first kappa shape index (κ1) is 27.2. The highest BCUT2D eigenvalue weighted by Gasteiger charge is 3.24. The summed E-state index contributed by atoms with van der Waals surface area (Å²) < 4.78 is 252. The standard InChI is InChI=1S/C13H2F18O2/c1-2(14)3(32)33-10(22)5(13(29,30)31)4(11(23,24)25,12(26,27)28)6(15,9(10,20)21)8(18,19)7(5,16)17/h1H2. The van der Waals surface area contributed by atoms with E-state index in [-0.39, 0.29) is 0 Å². The zero-order valence-electron chi connectivity index (χ0n) is 14.3. The monoisotopic (exact) mass is 532 g/mol. The summed E-state index contributed by atoms with van der Waals surface area (Å²) in [6.07, 6.45) is -25.7. The van der Waals surface area contributed by atoms with Crippen LogP contribution in [-0.4, -0.2) is 53.8 Å². The molecule has 0 amide bonds. The van der Waals surface area contributed by atoms with E-state index in [0.29, 0.717) is 0 Å². The van der Waals surface area contributed by atoms with Crippen LogP contribution in [0.4, 0.5) is 79.0 Å². The number of carbonyl (C=O) groups excluding carboxylic acids is 1. The topological polar surface area (TPSA) is 26.3 Å². The van der Waals surface area contributed by atoms with E-state index in [1.54, 1.807) is 6.58 Å². The molecule has 33 heavy (non-hydrogen) atoms. The summed E-state index contributed by atoms with van der Waals surface area (Å²) in [6, 6.07) is 0. The predicted octanol–water partition coefficient (Wildman–Crippen LogP) is 5.98. The van der Waals surface area contributed by atoms with Crippen LogP contribution in [0.15, 0.2) is 12.4 Å². The molecule has 3 atom stereocenters. The van der Waals surface area contributed by atoms with E-state index in [4.69, 9.17) is 0 Å². The molecule has 2 bridgehead atoms. The molecule has 3 unspecified atom stereocenters. The molecule has 20 heteroatoms. The summed E-state index contributed by atoms with van der Waals surface area (Å²) in [6.45, 7) is 1.73. The van der Waals surface area contributed by atoms with Gasteiger partial charge in [-0.2, -0.15) is 74.6 Å². The molecule has 0 aromatic rings. The van der Waals surface area contributed by atoms with E-state index in [0.717, 1.165) is 0 Å². The predicted molar refractivity (Wildman–Crippen MR) is 61.9 cm³/mol. The van der Waals surface area contributed by atoms with Crippen molar-refractivity contribution in [2.45, 2.75) is 47.8 Å². The number of rotatable bonds is 2. The molecular formula is C13H2F18O2. The maximum atomic E-state index is 15.0. The summed E-state index contributed by atoms with van der Waals surface area (Å²) >= 11 is 0. The van der Waals surface area contributed by atoms with Crippen LogP contribution < -0.4 is 0 Å². The fraction of sp³-hybridized carbons (Fsp3) is 0.769. The molecule has 0 spiro atoms. The SMILES string of the molecule is C=C(F)C(=O)OC1(F)C(F)(F)C2(F)C(F)(F)C(F)(F)C1(C(F)(F)F)C2(C(F)(F)F)C(F)(F)F. The molecule has 2 aliphatic rings. The van der Waals surface area contributed by atoms with Gasteiger partial charge in [0, 0.05) is 0 Å². The average Bonchev–Trinajstić information content (AvgIpc) is 2.72.